The summed E-state index contributed by atoms with van der Waals surface area (Å²) in [6, 6.07) is 0.454. The fourth-order valence-electron chi connectivity index (χ4n) is 3.02. The Bertz CT molecular complexity index is 281. The van der Waals surface area contributed by atoms with Crippen LogP contribution in [0.3, 0.4) is 0 Å². The first-order chi connectivity index (χ1) is 8.68. The minimum Gasteiger partial charge on any atom is -0.379 e. The summed E-state index contributed by atoms with van der Waals surface area (Å²) in [4.78, 5) is 14.1. The molecule has 0 radical (unpaired) electrons. The number of amides is 1. The standard InChI is InChI=1S/C14H26N2O2/c1-11(2)10-18-8-7-16-13-5-6-15-9-12(13)3-4-14(16)17/h11-13,15H,3-10H2,1-2H3. The van der Waals surface area contributed by atoms with E-state index in [-0.39, 0.29) is 0 Å². The summed E-state index contributed by atoms with van der Waals surface area (Å²) in [7, 11) is 0. The zero-order valence-corrected chi connectivity index (χ0v) is 11.7. The highest BCUT2D eigenvalue weighted by molar-refractivity contribution is 5.77. The number of piperidine rings is 2. The number of carbonyl (C=O) groups excluding carboxylic acids is 1. The van der Waals surface area contributed by atoms with Gasteiger partial charge in [-0.25, -0.2) is 0 Å². The van der Waals surface area contributed by atoms with Gasteiger partial charge in [-0.15, -0.1) is 0 Å². The third kappa shape index (κ3) is 3.45. The Morgan fingerprint density at radius 1 is 1.44 bits per heavy atom. The van der Waals surface area contributed by atoms with Crippen LogP contribution >= 0.6 is 0 Å². The Balaban J connectivity index is 1.81. The van der Waals surface area contributed by atoms with Gasteiger partial charge in [-0.05, 0) is 37.8 Å². The quantitative estimate of drug-likeness (QED) is 0.751. The lowest BCUT2D eigenvalue weighted by Gasteiger charge is -2.44. The van der Waals surface area contributed by atoms with Gasteiger partial charge in [-0.1, -0.05) is 13.8 Å². The van der Waals surface area contributed by atoms with E-state index in [9.17, 15) is 4.79 Å². The molecule has 4 heteroatoms. The van der Waals surface area contributed by atoms with E-state index >= 15 is 0 Å². The van der Waals surface area contributed by atoms with Gasteiger partial charge in [-0.2, -0.15) is 0 Å². The molecule has 2 fully saturated rings. The van der Waals surface area contributed by atoms with E-state index in [1.165, 1.54) is 0 Å². The van der Waals surface area contributed by atoms with Crippen molar-refractivity contribution in [1.29, 1.82) is 0 Å². The first-order valence-electron chi connectivity index (χ1n) is 7.26. The summed E-state index contributed by atoms with van der Waals surface area (Å²) >= 11 is 0. The van der Waals surface area contributed by atoms with Crippen LogP contribution < -0.4 is 5.32 Å². The van der Waals surface area contributed by atoms with Crippen molar-refractivity contribution in [3.63, 3.8) is 0 Å². The highest BCUT2D eigenvalue weighted by Gasteiger charge is 2.36. The van der Waals surface area contributed by atoms with E-state index in [4.69, 9.17) is 4.74 Å². The number of nitrogens with zero attached hydrogens (tertiary/aromatic N) is 1. The van der Waals surface area contributed by atoms with Crippen LogP contribution in [0.25, 0.3) is 0 Å². The van der Waals surface area contributed by atoms with Crippen molar-refractivity contribution < 1.29 is 9.53 Å². The molecule has 1 amide bonds. The van der Waals surface area contributed by atoms with E-state index in [0.29, 0.717) is 36.8 Å². The van der Waals surface area contributed by atoms with Gasteiger partial charge in [0, 0.05) is 25.6 Å². The first kappa shape index (κ1) is 13.8. The summed E-state index contributed by atoms with van der Waals surface area (Å²) in [5.41, 5.74) is 0. The van der Waals surface area contributed by atoms with Crippen molar-refractivity contribution >= 4 is 5.91 Å². The average molecular weight is 254 g/mol. The average Bonchev–Trinajstić information content (AvgIpc) is 2.36. The molecule has 2 aliphatic heterocycles. The van der Waals surface area contributed by atoms with Gasteiger partial charge < -0.3 is 15.0 Å². The van der Waals surface area contributed by atoms with Crippen molar-refractivity contribution in [3.8, 4) is 0 Å². The maximum Gasteiger partial charge on any atom is 0.222 e. The van der Waals surface area contributed by atoms with Crippen molar-refractivity contribution in [2.75, 3.05) is 32.8 Å². The zero-order valence-electron chi connectivity index (χ0n) is 11.7. The second-order valence-electron chi connectivity index (χ2n) is 5.91. The van der Waals surface area contributed by atoms with Crippen LogP contribution in [0.5, 0.6) is 0 Å². The smallest absolute Gasteiger partial charge is 0.222 e. The van der Waals surface area contributed by atoms with E-state index in [1.54, 1.807) is 0 Å². The van der Waals surface area contributed by atoms with Gasteiger partial charge in [0.1, 0.15) is 0 Å². The summed E-state index contributed by atoms with van der Waals surface area (Å²) in [6.45, 7) is 8.65. The predicted molar refractivity (Wildman–Crippen MR) is 71.4 cm³/mol. The lowest BCUT2D eigenvalue weighted by molar-refractivity contribution is -0.140. The summed E-state index contributed by atoms with van der Waals surface area (Å²) in [6.07, 6.45) is 2.87. The largest absolute Gasteiger partial charge is 0.379 e. The number of fused-ring (bicyclic) bond motifs is 1. The Labute approximate surface area is 110 Å². The van der Waals surface area contributed by atoms with Gasteiger partial charge in [0.05, 0.1) is 6.61 Å². The molecule has 2 heterocycles. The Morgan fingerprint density at radius 2 is 2.28 bits per heavy atom. The third-order valence-electron chi connectivity index (χ3n) is 3.94. The van der Waals surface area contributed by atoms with E-state index in [0.717, 1.165) is 39.1 Å². The van der Waals surface area contributed by atoms with Crippen molar-refractivity contribution in [2.45, 2.75) is 39.2 Å². The third-order valence-corrected chi connectivity index (χ3v) is 3.94. The van der Waals surface area contributed by atoms with Gasteiger partial charge in [-0.3, -0.25) is 4.79 Å². The predicted octanol–water partition coefficient (Wildman–Crippen LogP) is 1.26. The van der Waals surface area contributed by atoms with Crippen LogP contribution in [0.1, 0.15) is 33.1 Å². The molecule has 2 atom stereocenters. The number of carbonyl (C=O) groups is 1. The molecule has 4 nitrogen and oxygen atoms in total. The van der Waals surface area contributed by atoms with E-state index < -0.39 is 0 Å². The van der Waals surface area contributed by atoms with Gasteiger partial charge in [0.2, 0.25) is 5.91 Å². The molecule has 2 rings (SSSR count). The second kappa shape index (κ2) is 6.53. The molecule has 104 valence electrons. The summed E-state index contributed by atoms with van der Waals surface area (Å²) < 4.78 is 5.62. The van der Waals surface area contributed by atoms with Crippen LogP contribution in [0.2, 0.25) is 0 Å². The molecule has 0 aromatic carbocycles. The number of likely N-dealkylation sites (tertiary alicyclic amines) is 1. The SMILES string of the molecule is CC(C)COCCN1C(=O)CCC2CNCCC21. The molecule has 0 saturated carbocycles. The normalized spacial score (nSPS) is 28.6. The fraction of sp³-hybridized carbons (Fsp3) is 0.929. The van der Waals surface area contributed by atoms with Crippen LogP contribution in [-0.4, -0.2) is 49.7 Å². The van der Waals surface area contributed by atoms with E-state index in [2.05, 4.69) is 24.1 Å². The van der Waals surface area contributed by atoms with Crippen LogP contribution in [0.4, 0.5) is 0 Å². The van der Waals surface area contributed by atoms with Crippen molar-refractivity contribution in [1.82, 2.24) is 10.2 Å². The molecular formula is C14H26N2O2. The fourth-order valence-corrected chi connectivity index (χ4v) is 3.02. The molecule has 0 aliphatic carbocycles. The number of rotatable bonds is 5. The topological polar surface area (TPSA) is 41.6 Å². The minimum absolute atomic E-state index is 0.325. The molecular weight excluding hydrogens is 228 g/mol. The molecule has 0 spiro atoms. The molecule has 1 N–H and O–H groups in total. The highest BCUT2D eigenvalue weighted by atomic mass is 16.5. The van der Waals surface area contributed by atoms with Crippen molar-refractivity contribution in [3.05, 3.63) is 0 Å². The van der Waals surface area contributed by atoms with E-state index in [1.807, 2.05) is 0 Å². The van der Waals surface area contributed by atoms with Crippen molar-refractivity contribution in [2.24, 2.45) is 11.8 Å². The molecule has 0 aromatic rings. The lowest BCUT2D eigenvalue weighted by Crippen LogP contribution is -2.55. The lowest BCUT2D eigenvalue weighted by atomic mass is 9.84. The van der Waals surface area contributed by atoms with Gasteiger partial charge in [0.25, 0.3) is 0 Å². The number of hydrogen-bond acceptors (Lipinski definition) is 3. The molecule has 18 heavy (non-hydrogen) atoms. The number of hydrogen-bond donors (Lipinski definition) is 1. The highest BCUT2D eigenvalue weighted by Crippen LogP contribution is 2.28. The second-order valence-corrected chi connectivity index (χ2v) is 5.91. The molecule has 2 saturated heterocycles. The Hall–Kier alpha value is -0.610. The monoisotopic (exact) mass is 254 g/mol. The number of ether oxygens (including phenoxy) is 1. The molecule has 2 aliphatic rings. The maximum atomic E-state index is 12.0. The Morgan fingerprint density at radius 3 is 3.06 bits per heavy atom. The zero-order chi connectivity index (χ0) is 13.0. The molecule has 0 aromatic heterocycles. The molecule has 2 unspecified atom stereocenters. The van der Waals surface area contributed by atoms with Crippen LogP contribution in [0, 0.1) is 11.8 Å². The van der Waals surface area contributed by atoms with Crippen LogP contribution in [-0.2, 0) is 9.53 Å². The maximum absolute atomic E-state index is 12.0. The first-order valence-corrected chi connectivity index (χ1v) is 7.26. The Kier molecular flexibility index (Phi) is 5.01. The van der Waals surface area contributed by atoms with Gasteiger partial charge >= 0.3 is 0 Å². The van der Waals surface area contributed by atoms with Crippen LogP contribution in [0.15, 0.2) is 0 Å². The molecule has 0 bridgehead atoms. The van der Waals surface area contributed by atoms with Gasteiger partial charge in [0.15, 0.2) is 0 Å². The number of nitrogens with one attached hydrogen (secondary N) is 1. The minimum atomic E-state index is 0.325. The summed E-state index contributed by atoms with van der Waals surface area (Å²) in [5.74, 6) is 1.54. The summed E-state index contributed by atoms with van der Waals surface area (Å²) in [5, 5.41) is 3.43.